The molecule has 0 saturated carbocycles. The Balaban J connectivity index is 1.50. The molecule has 0 aliphatic carbocycles. The molecule has 0 radical (unpaired) electrons. The summed E-state index contributed by atoms with van der Waals surface area (Å²) >= 11 is 1.51. The third-order valence-corrected chi connectivity index (χ3v) is 5.16. The summed E-state index contributed by atoms with van der Waals surface area (Å²) in [4.78, 5) is 4.08. The molecule has 0 amide bonds. The maximum absolute atomic E-state index is 6.23. The van der Waals surface area contributed by atoms with Crippen molar-refractivity contribution < 1.29 is 4.74 Å². The first-order chi connectivity index (χ1) is 13.7. The maximum Gasteiger partial charge on any atom is 0.210 e. The lowest BCUT2D eigenvalue weighted by atomic mass is 10.1. The number of aromatic nitrogens is 4. The summed E-state index contributed by atoms with van der Waals surface area (Å²) in [7, 11) is 0. The van der Waals surface area contributed by atoms with Crippen LogP contribution >= 0.6 is 11.8 Å². The normalized spacial score (nSPS) is 10.8. The van der Waals surface area contributed by atoms with Crippen LogP contribution in [-0.4, -0.2) is 19.9 Å². The number of hydrogen-bond donors (Lipinski definition) is 1. The molecule has 0 saturated heterocycles. The zero-order chi connectivity index (χ0) is 19.3. The zero-order valence-electron chi connectivity index (χ0n) is 15.3. The van der Waals surface area contributed by atoms with Gasteiger partial charge >= 0.3 is 0 Å². The Morgan fingerprint density at radius 3 is 2.61 bits per heavy atom. The molecular formula is C21H19N5OS. The van der Waals surface area contributed by atoms with Crippen LogP contribution in [-0.2, 0) is 5.75 Å². The van der Waals surface area contributed by atoms with Gasteiger partial charge in [-0.05, 0) is 25.1 Å². The van der Waals surface area contributed by atoms with Crippen molar-refractivity contribution in [1.29, 1.82) is 0 Å². The number of aryl methyl sites for hydroxylation is 1. The van der Waals surface area contributed by atoms with Crippen molar-refractivity contribution in [2.75, 3.05) is 5.84 Å². The van der Waals surface area contributed by atoms with E-state index in [-0.39, 0.29) is 0 Å². The number of nitrogens with zero attached hydrogens (tertiary/aromatic N) is 4. The molecule has 4 rings (SSSR count). The maximum atomic E-state index is 6.23. The lowest BCUT2D eigenvalue weighted by molar-refractivity contribution is 0.476. The number of para-hydroxylation sites is 1. The van der Waals surface area contributed by atoms with Crippen LogP contribution in [0.25, 0.3) is 11.4 Å². The minimum absolute atomic E-state index is 0.641. The lowest BCUT2D eigenvalue weighted by Gasteiger charge is -2.10. The number of rotatable bonds is 6. The van der Waals surface area contributed by atoms with Gasteiger partial charge in [0.25, 0.3) is 0 Å². The predicted octanol–water partition coefficient (Wildman–Crippen LogP) is 4.45. The Kier molecular flexibility index (Phi) is 5.25. The number of thioether (sulfide) groups is 1. The van der Waals surface area contributed by atoms with Gasteiger partial charge in [0.1, 0.15) is 11.5 Å². The number of benzene rings is 2. The average molecular weight is 389 g/mol. The van der Waals surface area contributed by atoms with Gasteiger partial charge in [0.2, 0.25) is 5.16 Å². The Labute approximate surface area is 167 Å². The van der Waals surface area contributed by atoms with Gasteiger partial charge in [-0.25, -0.2) is 4.68 Å². The van der Waals surface area contributed by atoms with Crippen molar-refractivity contribution in [1.82, 2.24) is 19.9 Å². The Morgan fingerprint density at radius 2 is 1.82 bits per heavy atom. The van der Waals surface area contributed by atoms with Crippen LogP contribution in [0.5, 0.6) is 11.5 Å². The highest BCUT2D eigenvalue weighted by atomic mass is 32.2. The van der Waals surface area contributed by atoms with E-state index in [4.69, 9.17) is 10.6 Å². The molecule has 140 valence electrons. The fourth-order valence-electron chi connectivity index (χ4n) is 2.67. The topological polar surface area (TPSA) is 78.9 Å². The van der Waals surface area contributed by atoms with Gasteiger partial charge in [-0.2, -0.15) is 0 Å². The molecule has 4 aromatic rings. The van der Waals surface area contributed by atoms with Crippen molar-refractivity contribution >= 4 is 11.8 Å². The molecule has 0 fully saturated rings. The van der Waals surface area contributed by atoms with Crippen molar-refractivity contribution in [2.45, 2.75) is 17.8 Å². The zero-order valence-corrected chi connectivity index (χ0v) is 16.1. The molecule has 28 heavy (non-hydrogen) atoms. The van der Waals surface area contributed by atoms with E-state index in [1.165, 1.54) is 22.0 Å². The fourth-order valence-corrected chi connectivity index (χ4v) is 3.52. The molecule has 2 aromatic carbocycles. The van der Waals surface area contributed by atoms with Gasteiger partial charge in [0.15, 0.2) is 5.82 Å². The van der Waals surface area contributed by atoms with E-state index in [1.54, 1.807) is 12.4 Å². The largest absolute Gasteiger partial charge is 0.455 e. The summed E-state index contributed by atoms with van der Waals surface area (Å²) in [6.07, 6.45) is 3.41. The molecule has 0 aliphatic heterocycles. The standard InChI is InChI=1S/C21H19N5OS/c1-15-8-10-16(11-9-15)20-24-25-21(26(20)22)28-14-17-5-2-3-7-19(17)27-18-6-4-12-23-13-18/h2-13H,14,22H2,1H3. The molecule has 7 heteroatoms. The quantitative estimate of drug-likeness (QED) is 0.388. The summed E-state index contributed by atoms with van der Waals surface area (Å²) in [5.74, 6) is 9.00. The Morgan fingerprint density at radius 1 is 1.00 bits per heavy atom. The number of nitrogen functional groups attached to an aromatic ring is 1. The van der Waals surface area contributed by atoms with Gasteiger partial charge in [-0.3, -0.25) is 4.98 Å². The number of pyridine rings is 1. The second kappa shape index (κ2) is 8.14. The molecule has 2 heterocycles. The van der Waals surface area contributed by atoms with Crippen LogP contribution in [0.15, 0.2) is 78.2 Å². The van der Waals surface area contributed by atoms with E-state index in [1.807, 2.05) is 67.6 Å². The van der Waals surface area contributed by atoms with Crippen molar-refractivity contribution in [3.05, 3.63) is 84.2 Å². The smallest absolute Gasteiger partial charge is 0.210 e. The predicted molar refractivity (Wildman–Crippen MR) is 111 cm³/mol. The minimum Gasteiger partial charge on any atom is -0.455 e. The summed E-state index contributed by atoms with van der Waals surface area (Å²) in [5, 5.41) is 9.13. The summed E-state index contributed by atoms with van der Waals surface area (Å²) in [5.41, 5.74) is 3.16. The van der Waals surface area contributed by atoms with Crippen LogP contribution in [0.3, 0.4) is 0 Å². The van der Waals surface area contributed by atoms with Crippen molar-refractivity contribution in [2.24, 2.45) is 0 Å². The van der Waals surface area contributed by atoms with E-state index in [0.717, 1.165) is 16.9 Å². The Bertz CT molecular complexity index is 1060. The van der Waals surface area contributed by atoms with E-state index in [0.29, 0.717) is 22.5 Å². The number of ether oxygens (including phenoxy) is 1. The third kappa shape index (κ3) is 3.99. The SMILES string of the molecule is Cc1ccc(-c2nnc(SCc3ccccc3Oc3cccnc3)n2N)cc1. The summed E-state index contributed by atoms with van der Waals surface area (Å²) < 4.78 is 7.49. The third-order valence-electron chi connectivity index (χ3n) is 4.17. The van der Waals surface area contributed by atoms with Crippen molar-refractivity contribution in [3.8, 4) is 22.9 Å². The molecule has 0 spiro atoms. The Hall–Kier alpha value is -3.32. The van der Waals surface area contributed by atoms with Crippen LogP contribution in [0, 0.1) is 6.92 Å². The van der Waals surface area contributed by atoms with E-state index in [9.17, 15) is 0 Å². The first-order valence-corrected chi connectivity index (χ1v) is 9.75. The van der Waals surface area contributed by atoms with E-state index >= 15 is 0 Å². The fraction of sp³-hybridized carbons (Fsp3) is 0.0952. The summed E-state index contributed by atoms with van der Waals surface area (Å²) in [6.45, 7) is 2.04. The molecule has 2 aromatic heterocycles. The van der Waals surface area contributed by atoms with Crippen LogP contribution in [0.1, 0.15) is 11.1 Å². The molecule has 6 nitrogen and oxygen atoms in total. The van der Waals surface area contributed by atoms with Gasteiger partial charge in [0.05, 0.1) is 6.20 Å². The van der Waals surface area contributed by atoms with Gasteiger partial charge < -0.3 is 10.6 Å². The molecule has 0 bridgehead atoms. The highest BCUT2D eigenvalue weighted by Gasteiger charge is 2.13. The second-order valence-electron chi connectivity index (χ2n) is 6.23. The van der Waals surface area contributed by atoms with E-state index < -0.39 is 0 Å². The first kappa shape index (κ1) is 18.1. The van der Waals surface area contributed by atoms with Gasteiger partial charge in [-0.15, -0.1) is 10.2 Å². The highest BCUT2D eigenvalue weighted by Crippen LogP contribution is 2.30. The second-order valence-corrected chi connectivity index (χ2v) is 7.17. The van der Waals surface area contributed by atoms with Crippen molar-refractivity contribution in [3.63, 3.8) is 0 Å². The van der Waals surface area contributed by atoms with Crippen LogP contribution < -0.4 is 10.6 Å². The monoisotopic (exact) mass is 389 g/mol. The summed E-state index contributed by atoms with van der Waals surface area (Å²) in [6, 6.07) is 19.7. The van der Waals surface area contributed by atoms with Crippen LogP contribution in [0.2, 0.25) is 0 Å². The number of nitrogens with two attached hydrogens (primary N) is 1. The highest BCUT2D eigenvalue weighted by molar-refractivity contribution is 7.98. The molecular weight excluding hydrogens is 370 g/mol. The molecule has 2 N–H and O–H groups in total. The van der Waals surface area contributed by atoms with Gasteiger partial charge in [-0.1, -0.05) is 59.8 Å². The minimum atomic E-state index is 0.641. The van der Waals surface area contributed by atoms with Crippen LogP contribution in [0.4, 0.5) is 0 Å². The molecule has 0 atom stereocenters. The number of hydrogen-bond acceptors (Lipinski definition) is 6. The molecule has 0 aliphatic rings. The molecule has 0 unspecified atom stereocenters. The average Bonchev–Trinajstić information content (AvgIpc) is 3.09. The van der Waals surface area contributed by atoms with E-state index in [2.05, 4.69) is 15.2 Å². The van der Waals surface area contributed by atoms with Gasteiger partial charge in [0, 0.05) is 23.1 Å². The lowest BCUT2D eigenvalue weighted by Crippen LogP contribution is -2.11. The first-order valence-electron chi connectivity index (χ1n) is 8.77.